The maximum atomic E-state index is 12.0. The van der Waals surface area contributed by atoms with Crippen molar-refractivity contribution in [3.8, 4) is 11.6 Å². The van der Waals surface area contributed by atoms with Crippen molar-refractivity contribution in [2.24, 2.45) is 0 Å². The monoisotopic (exact) mass is 288 g/mol. The van der Waals surface area contributed by atoms with Crippen LogP contribution >= 0.6 is 11.6 Å². The summed E-state index contributed by atoms with van der Waals surface area (Å²) in [7, 11) is 0. The summed E-state index contributed by atoms with van der Waals surface area (Å²) in [6.07, 6.45) is 0. The first kappa shape index (κ1) is 11.1. The lowest BCUT2D eigenvalue weighted by Crippen LogP contribution is -2.17. The van der Waals surface area contributed by atoms with E-state index in [9.17, 15) is 4.79 Å². The van der Waals surface area contributed by atoms with Crippen LogP contribution in [0.25, 0.3) is 28.2 Å². The molecule has 0 amide bonds. The highest BCUT2D eigenvalue weighted by molar-refractivity contribution is 6.31. The number of fused-ring (bicyclic) bond motifs is 3. The van der Waals surface area contributed by atoms with Crippen LogP contribution in [0.15, 0.2) is 23.0 Å². The summed E-state index contributed by atoms with van der Waals surface area (Å²) in [6.45, 7) is 0. The third-order valence-electron chi connectivity index (χ3n) is 2.83. The zero-order chi connectivity index (χ0) is 13.7. The predicted molar refractivity (Wildman–Crippen MR) is 69.3 cm³/mol. The van der Waals surface area contributed by atoms with Crippen molar-refractivity contribution < 1.29 is 0 Å². The highest BCUT2D eigenvalue weighted by atomic mass is 35.5. The number of benzene rings is 1. The Hall–Kier alpha value is -2.81. The molecule has 3 heterocycles. The van der Waals surface area contributed by atoms with Gasteiger partial charge in [-0.1, -0.05) is 11.6 Å². The van der Waals surface area contributed by atoms with E-state index >= 15 is 0 Å². The van der Waals surface area contributed by atoms with Crippen molar-refractivity contribution in [2.45, 2.75) is 0 Å². The van der Waals surface area contributed by atoms with Gasteiger partial charge in [-0.15, -0.1) is 10.2 Å². The van der Waals surface area contributed by atoms with E-state index < -0.39 is 5.69 Å². The van der Waals surface area contributed by atoms with Crippen molar-refractivity contribution in [1.29, 1.82) is 0 Å². The Morgan fingerprint density at radius 1 is 1.25 bits per heavy atom. The van der Waals surface area contributed by atoms with Crippen molar-refractivity contribution in [3.05, 3.63) is 33.7 Å². The SMILES string of the molecule is O=c1nc2cc(Cl)ccc2c2[nH]c(-c3nnn[nH]3)nn12. The van der Waals surface area contributed by atoms with E-state index in [0.29, 0.717) is 27.8 Å². The number of nitrogens with one attached hydrogen (secondary N) is 2. The Kier molecular flexibility index (Phi) is 2.12. The molecule has 0 unspecified atom stereocenters. The van der Waals surface area contributed by atoms with Gasteiger partial charge in [0, 0.05) is 10.4 Å². The summed E-state index contributed by atoms with van der Waals surface area (Å²) < 4.78 is 1.16. The van der Waals surface area contributed by atoms with Gasteiger partial charge in [0.25, 0.3) is 0 Å². The van der Waals surface area contributed by atoms with E-state index in [1.165, 1.54) is 0 Å². The first-order chi connectivity index (χ1) is 9.72. The highest BCUT2D eigenvalue weighted by Crippen LogP contribution is 2.20. The van der Waals surface area contributed by atoms with Crippen LogP contribution < -0.4 is 5.69 Å². The van der Waals surface area contributed by atoms with E-state index in [0.717, 1.165) is 9.90 Å². The van der Waals surface area contributed by atoms with Gasteiger partial charge in [-0.2, -0.15) is 9.50 Å². The van der Waals surface area contributed by atoms with Crippen LogP contribution in [0.5, 0.6) is 0 Å². The lowest BCUT2D eigenvalue weighted by molar-refractivity contribution is 0.881. The lowest BCUT2D eigenvalue weighted by atomic mass is 10.2. The lowest BCUT2D eigenvalue weighted by Gasteiger charge is -1.98. The quantitative estimate of drug-likeness (QED) is 0.523. The Labute approximate surface area is 114 Å². The number of hydrogen-bond acceptors (Lipinski definition) is 6. The molecule has 0 aliphatic rings. The summed E-state index contributed by atoms with van der Waals surface area (Å²) in [6, 6.07) is 5.10. The first-order valence-electron chi connectivity index (χ1n) is 5.55. The fourth-order valence-corrected chi connectivity index (χ4v) is 2.14. The van der Waals surface area contributed by atoms with Crippen LogP contribution in [0.3, 0.4) is 0 Å². The predicted octanol–water partition coefficient (Wildman–Crippen LogP) is 0.404. The van der Waals surface area contributed by atoms with Crippen LogP contribution in [0, 0.1) is 0 Å². The zero-order valence-corrected chi connectivity index (χ0v) is 10.5. The van der Waals surface area contributed by atoms with Gasteiger partial charge in [0.15, 0.2) is 5.82 Å². The molecule has 0 spiro atoms. The molecule has 0 aliphatic carbocycles. The standard InChI is InChI=1S/C10H5ClN8O/c11-4-1-2-5-6(3-4)12-10(20)19-9(5)13-7(16-19)8-14-17-18-15-8/h1-3H,(H,13,16)(H,14,15,17,18). The molecule has 0 radical (unpaired) electrons. The smallest absolute Gasteiger partial charge is 0.319 e. The van der Waals surface area contributed by atoms with E-state index in [2.05, 4.69) is 35.7 Å². The van der Waals surface area contributed by atoms with Gasteiger partial charge in [-0.25, -0.2) is 9.89 Å². The topological polar surface area (TPSA) is 118 Å². The molecule has 98 valence electrons. The second kappa shape index (κ2) is 3.84. The average Bonchev–Trinajstić information content (AvgIpc) is 3.07. The molecular weight excluding hydrogens is 284 g/mol. The summed E-state index contributed by atoms with van der Waals surface area (Å²) in [5.74, 6) is 0.673. The molecule has 0 atom stereocenters. The molecule has 4 rings (SSSR count). The zero-order valence-electron chi connectivity index (χ0n) is 9.70. The Morgan fingerprint density at radius 3 is 2.95 bits per heavy atom. The molecule has 0 bridgehead atoms. The van der Waals surface area contributed by atoms with E-state index in [1.807, 2.05) is 0 Å². The minimum absolute atomic E-state index is 0.329. The fourth-order valence-electron chi connectivity index (χ4n) is 1.97. The Balaban J connectivity index is 2.13. The van der Waals surface area contributed by atoms with Crippen LogP contribution in [-0.4, -0.2) is 40.2 Å². The second-order valence-corrected chi connectivity index (χ2v) is 4.48. The van der Waals surface area contributed by atoms with Gasteiger partial charge in [-0.3, -0.25) is 0 Å². The number of tetrazole rings is 1. The number of rotatable bonds is 1. The summed E-state index contributed by atoms with van der Waals surface area (Å²) in [5.41, 5.74) is 0.487. The van der Waals surface area contributed by atoms with Crippen LogP contribution in [0.4, 0.5) is 0 Å². The van der Waals surface area contributed by atoms with E-state index in [-0.39, 0.29) is 0 Å². The molecule has 0 fully saturated rings. The molecular formula is C10H5ClN8O. The summed E-state index contributed by atoms with van der Waals surface area (Å²) in [4.78, 5) is 18.9. The molecule has 2 N–H and O–H groups in total. The van der Waals surface area contributed by atoms with Gasteiger partial charge in [0.1, 0.15) is 5.65 Å². The van der Waals surface area contributed by atoms with Crippen molar-refractivity contribution in [1.82, 2.24) is 40.2 Å². The second-order valence-electron chi connectivity index (χ2n) is 4.04. The molecule has 4 aromatic rings. The molecule has 9 nitrogen and oxygen atoms in total. The molecule has 20 heavy (non-hydrogen) atoms. The fraction of sp³-hybridized carbons (Fsp3) is 0. The van der Waals surface area contributed by atoms with E-state index in [1.54, 1.807) is 18.2 Å². The van der Waals surface area contributed by atoms with Crippen molar-refractivity contribution in [3.63, 3.8) is 0 Å². The molecule has 0 aliphatic heterocycles. The number of nitrogens with zero attached hydrogens (tertiary/aromatic N) is 6. The Bertz CT molecular complexity index is 986. The number of hydrogen-bond donors (Lipinski definition) is 2. The third kappa shape index (κ3) is 1.50. The number of aromatic amines is 2. The van der Waals surface area contributed by atoms with Gasteiger partial charge in [0.05, 0.1) is 5.52 Å². The van der Waals surface area contributed by atoms with E-state index in [4.69, 9.17) is 11.6 Å². The maximum absolute atomic E-state index is 12.0. The van der Waals surface area contributed by atoms with Crippen molar-refractivity contribution in [2.75, 3.05) is 0 Å². The number of aromatic nitrogens is 8. The first-order valence-corrected chi connectivity index (χ1v) is 5.92. The number of halogens is 1. The molecule has 10 heteroatoms. The highest BCUT2D eigenvalue weighted by Gasteiger charge is 2.13. The van der Waals surface area contributed by atoms with Gasteiger partial charge in [0.2, 0.25) is 5.82 Å². The third-order valence-corrected chi connectivity index (χ3v) is 3.07. The Morgan fingerprint density at radius 2 is 2.15 bits per heavy atom. The normalized spacial score (nSPS) is 11.4. The number of H-pyrrole nitrogens is 2. The molecule has 1 aromatic carbocycles. The molecule has 0 saturated carbocycles. The van der Waals surface area contributed by atoms with Crippen LogP contribution in [-0.2, 0) is 0 Å². The average molecular weight is 289 g/mol. The minimum atomic E-state index is -0.509. The van der Waals surface area contributed by atoms with Crippen molar-refractivity contribution >= 4 is 28.2 Å². The largest absolute Gasteiger partial charge is 0.370 e. The summed E-state index contributed by atoms with van der Waals surface area (Å²) >= 11 is 5.90. The van der Waals surface area contributed by atoms with Gasteiger partial charge < -0.3 is 4.98 Å². The van der Waals surface area contributed by atoms with Gasteiger partial charge in [-0.05, 0) is 28.6 Å². The van der Waals surface area contributed by atoms with Crippen LogP contribution in [0.2, 0.25) is 5.02 Å². The van der Waals surface area contributed by atoms with Crippen LogP contribution in [0.1, 0.15) is 0 Å². The summed E-state index contributed by atoms with van der Waals surface area (Å²) in [5, 5.41) is 18.6. The van der Waals surface area contributed by atoms with Gasteiger partial charge >= 0.3 is 5.69 Å². The minimum Gasteiger partial charge on any atom is -0.319 e. The molecule has 3 aromatic heterocycles. The maximum Gasteiger partial charge on any atom is 0.370 e. The molecule has 0 saturated heterocycles.